The Morgan fingerprint density at radius 2 is 1.81 bits per heavy atom. The minimum absolute atomic E-state index is 0.197. The van der Waals surface area contributed by atoms with Gasteiger partial charge >= 0.3 is 0 Å². The molecular weight excluding hydrogens is 202 g/mol. The molecule has 0 spiro atoms. The fraction of sp³-hybridized carbons (Fsp3) is 0.538. The summed E-state index contributed by atoms with van der Waals surface area (Å²) in [4.78, 5) is 0. The van der Waals surface area contributed by atoms with Gasteiger partial charge in [-0.05, 0) is 51.4 Å². The van der Waals surface area contributed by atoms with Crippen molar-refractivity contribution in [2.45, 2.75) is 38.9 Å². The quantitative estimate of drug-likeness (QED) is 0.823. The van der Waals surface area contributed by atoms with Crippen molar-refractivity contribution in [1.82, 2.24) is 0 Å². The zero-order valence-electron chi connectivity index (χ0n) is 10.2. The van der Waals surface area contributed by atoms with Crippen LogP contribution in [0.4, 0.5) is 0 Å². The Labute approximate surface area is 97.2 Å². The largest absolute Gasteiger partial charge is 0.488 e. The van der Waals surface area contributed by atoms with Crippen LogP contribution in [0.3, 0.4) is 0 Å². The molecular formula is C13H21NO2. The van der Waals surface area contributed by atoms with Gasteiger partial charge in [0.2, 0.25) is 0 Å². The van der Waals surface area contributed by atoms with Gasteiger partial charge in [-0.15, -0.1) is 0 Å². The van der Waals surface area contributed by atoms with Gasteiger partial charge in [0.1, 0.15) is 11.4 Å². The molecule has 0 aliphatic carbocycles. The molecule has 0 aromatic heterocycles. The van der Waals surface area contributed by atoms with Crippen LogP contribution in [0, 0.1) is 0 Å². The molecule has 0 radical (unpaired) electrons. The topological polar surface area (TPSA) is 55.5 Å². The number of aliphatic hydroxyl groups is 1. The molecule has 1 aromatic carbocycles. The number of rotatable bonds is 4. The van der Waals surface area contributed by atoms with Crippen LogP contribution in [0.5, 0.6) is 5.75 Å². The fourth-order valence-electron chi connectivity index (χ4n) is 1.44. The molecule has 0 aliphatic heterocycles. The summed E-state index contributed by atoms with van der Waals surface area (Å²) >= 11 is 0. The maximum Gasteiger partial charge on any atom is 0.120 e. The van der Waals surface area contributed by atoms with Crippen molar-refractivity contribution in [2.24, 2.45) is 5.73 Å². The van der Waals surface area contributed by atoms with Gasteiger partial charge in [-0.3, -0.25) is 0 Å². The molecule has 3 heteroatoms. The Morgan fingerprint density at radius 3 is 2.25 bits per heavy atom. The van der Waals surface area contributed by atoms with E-state index in [1.165, 1.54) is 0 Å². The number of hydrogen-bond donors (Lipinski definition) is 2. The molecule has 1 atom stereocenters. The number of hydrogen-bond acceptors (Lipinski definition) is 3. The summed E-state index contributed by atoms with van der Waals surface area (Å²) in [6, 6.07) is 7.50. The van der Waals surface area contributed by atoms with Crippen LogP contribution in [0.2, 0.25) is 0 Å². The first-order valence-corrected chi connectivity index (χ1v) is 5.59. The monoisotopic (exact) mass is 223 g/mol. The molecule has 0 heterocycles. The van der Waals surface area contributed by atoms with Crippen LogP contribution < -0.4 is 10.5 Å². The molecule has 0 aliphatic rings. The number of aliphatic hydroxyl groups excluding tert-OH is 1. The lowest BCUT2D eigenvalue weighted by Crippen LogP contribution is -2.22. The second-order valence-corrected chi connectivity index (χ2v) is 4.88. The second kappa shape index (κ2) is 5.32. The molecule has 1 rings (SSSR count). The van der Waals surface area contributed by atoms with Gasteiger partial charge in [0, 0.05) is 0 Å². The van der Waals surface area contributed by atoms with E-state index in [0.717, 1.165) is 11.3 Å². The van der Waals surface area contributed by atoms with Crippen molar-refractivity contribution in [1.29, 1.82) is 0 Å². The highest BCUT2D eigenvalue weighted by Crippen LogP contribution is 2.22. The maximum absolute atomic E-state index is 9.72. The van der Waals surface area contributed by atoms with Crippen molar-refractivity contribution in [3.05, 3.63) is 29.8 Å². The summed E-state index contributed by atoms with van der Waals surface area (Å²) < 4.78 is 5.69. The molecule has 3 nitrogen and oxygen atoms in total. The molecule has 0 bridgehead atoms. The van der Waals surface area contributed by atoms with Gasteiger partial charge in [-0.2, -0.15) is 0 Å². The molecule has 1 aromatic rings. The first kappa shape index (κ1) is 13.0. The highest BCUT2D eigenvalue weighted by molar-refractivity contribution is 5.28. The minimum atomic E-state index is -0.478. The standard InChI is InChI=1S/C13H21NO2/c1-13(2,3)16-11-6-4-10(5-7-11)12(15)8-9-14/h4-7,12,15H,8-9,14H2,1-3H3. The van der Waals surface area contributed by atoms with E-state index in [1.54, 1.807) is 0 Å². The van der Waals surface area contributed by atoms with E-state index >= 15 is 0 Å². The summed E-state index contributed by atoms with van der Waals surface area (Å²) in [5, 5.41) is 9.72. The van der Waals surface area contributed by atoms with E-state index in [-0.39, 0.29) is 5.60 Å². The lowest BCUT2D eigenvalue weighted by molar-refractivity contribution is 0.130. The first-order valence-electron chi connectivity index (χ1n) is 5.59. The van der Waals surface area contributed by atoms with Gasteiger partial charge in [0.15, 0.2) is 0 Å². The maximum atomic E-state index is 9.72. The van der Waals surface area contributed by atoms with E-state index in [9.17, 15) is 5.11 Å². The van der Waals surface area contributed by atoms with E-state index in [1.807, 2.05) is 45.0 Å². The summed E-state index contributed by atoms with van der Waals surface area (Å²) in [6.07, 6.45) is 0.105. The number of ether oxygens (including phenoxy) is 1. The average Bonchev–Trinajstić information content (AvgIpc) is 2.16. The highest BCUT2D eigenvalue weighted by Gasteiger charge is 2.12. The molecule has 0 saturated carbocycles. The Morgan fingerprint density at radius 1 is 1.25 bits per heavy atom. The summed E-state index contributed by atoms with van der Waals surface area (Å²) in [6.45, 7) is 6.50. The average molecular weight is 223 g/mol. The van der Waals surface area contributed by atoms with Crippen LogP contribution in [-0.4, -0.2) is 17.3 Å². The van der Waals surface area contributed by atoms with Crippen LogP contribution in [-0.2, 0) is 0 Å². The number of nitrogens with two attached hydrogens (primary N) is 1. The molecule has 1 unspecified atom stereocenters. The summed E-state index contributed by atoms with van der Waals surface area (Å²) in [5.41, 5.74) is 6.08. The van der Waals surface area contributed by atoms with Crippen LogP contribution in [0.1, 0.15) is 38.9 Å². The third-order valence-electron chi connectivity index (χ3n) is 2.13. The Hall–Kier alpha value is -1.06. The minimum Gasteiger partial charge on any atom is -0.488 e. The lowest BCUT2D eigenvalue weighted by Gasteiger charge is -2.21. The van der Waals surface area contributed by atoms with Crippen LogP contribution >= 0.6 is 0 Å². The molecule has 0 fully saturated rings. The Bertz CT molecular complexity index is 314. The predicted molar refractivity (Wildman–Crippen MR) is 65.5 cm³/mol. The van der Waals surface area contributed by atoms with Crippen molar-refractivity contribution >= 4 is 0 Å². The normalized spacial score (nSPS) is 13.6. The molecule has 16 heavy (non-hydrogen) atoms. The molecule has 3 N–H and O–H groups in total. The zero-order chi connectivity index (χ0) is 12.2. The smallest absolute Gasteiger partial charge is 0.120 e. The predicted octanol–water partition coefficient (Wildman–Crippen LogP) is 2.25. The van der Waals surface area contributed by atoms with Gasteiger partial charge in [-0.25, -0.2) is 0 Å². The van der Waals surface area contributed by atoms with Crippen molar-refractivity contribution < 1.29 is 9.84 Å². The van der Waals surface area contributed by atoms with Crippen LogP contribution in [0.15, 0.2) is 24.3 Å². The van der Waals surface area contributed by atoms with E-state index in [4.69, 9.17) is 10.5 Å². The molecule has 90 valence electrons. The summed E-state index contributed by atoms with van der Waals surface area (Å²) in [5.74, 6) is 0.816. The SMILES string of the molecule is CC(C)(C)Oc1ccc(C(O)CCN)cc1. The molecule has 0 amide bonds. The van der Waals surface area contributed by atoms with Gasteiger partial charge in [-0.1, -0.05) is 12.1 Å². The third kappa shape index (κ3) is 4.21. The Balaban J connectivity index is 2.68. The van der Waals surface area contributed by atoms with Crippen molar-refractivity contribution in [3.8, 4) is 5.75 Å². The summed E-state index contributed by atoms with van der Waals surface area (Å²) in [7, 11) is 0. The van der Waals surface area contributed by atoms with E-state index in [2.05, 4.69) is 0 Å². The van der Waals surface area contributed by atoms with Crippen molar-refractivity contribution in [3.63, 3.8) is 0 Å². The zero-order valence-corrected chi connectivity index (χ0v) is 10.2. The second-order valence-electron chi connectivity index (χ2n) is 4.88. The highest BCUT2D eigenvalue weighted by atomic mass is 16.5. The van der Waals surface area contributed by atoms with Crippen LogP contribution in [0.25, 0.3) is 0 Å². The van der Waals surface area contributed by atoms with E-state index in [0.29, 0.717) is 13.0 Å². The van der Waals surface area contributed by atoms with Gasteiger partial charge < -0.3 is 15.6 Å². The first-order chi connectivity index (χ1) is 7.42. The third-order valence-corrected chi connectivity index (χ3v) is 2.13. The van der Waals surface area contributed by atoms with Gasteiger partial charge in [0.25, 0.3) is 0 Å². The fourth-order valence-corrected chi connectivity index (χ4v) is 1.44. The Kier molecular flexibility index (Phi) is 4.33. The van der Waals surface area contributed by atoms with Crippen molar-refractivity contribution in [2.75, 3.05) is 6.54 Å². The van der Waals surface area contributed by atoms with Gasteiger partial charge in [0.05, 0.1) is 6.10 Å². The van der Waals surface area contributed by atoms with E-state index < -0.39 is 6.10 Å². The molecule has 0 saturated heterocycles. The lowest BCUT2D eigenvalue weighted by atomic mass is 10.1. The number of benzene rings is 1.